The van der Waals surface area contributed by atoms with E-state index in [1.165, 1.54) is 0 Å². The summed E-state index contributed by atoms with van der Waals surface area (Å²) in [6, 6.07) is 0. The number of carbonyl (C=O) groups is 1. The fourth-order valence-corrected chi connectivity index (χ4v) is 2.61. The molecule has 1 saturated carbocycles. The molecule has 12 heavy (non-hydrogen) atoms. The van der Waals surface area contributed by atoms with Crippen LogP contribution in [0.2, 0.25) is 0 Å². The lowest BCUT2D eigenvalue weighted by Crippen LogP contribution is -2.42. The first-order chi connectivity index (χ1) is 5.47. The van der Waals surface area contributed by atoms with Crippen LogP contribution in [0.3, 0.4) is 0 Å². The number of carbonyl (C=O) groups excluding carboxylic acids is 1. The maximum atomic E-state index is 11.4. The SMILES string of the molecule is CC1(C)C(=O)N[C@]2(O)CCC[C@@H]12. The Kier molecular flexibility index (Phi) is 1.35. The first kappa shape index (κ1) is 8.05. The van der Waals surface area contributed by atoms with Gasteiger partial charge in [-0.05, 0) is 19.3 Å². The largest absolute Gasteiger partial charge is 0.371 e. The van der Waals surface area contributed by atoms with E-state index >= 15 is 0 Å². The molecule has 3 heteroatoms. The molecule has 1 heterocycles. The maximum Gasteiger partial charge on any atom is 0.228 e. The molecule has 0 aromatic heterocycles. The number of rotatable bonds is 0. The Morgan fingerprint density at radius 1 is 1.58 bits per heavy atom. The zero-order valence-corrected chi connectivity index (χ0v) is 7.55. The molecular weight excluding hydrogens is 154 g/mol. The molecule has 2 fully saturated rings. The molecule has 1 saturated heterocycles. The van der Waals surface area contributed by atoms with Crippen LogP contribution in [0.4, 0.5) is 0 Å². The number of hydrogen-bond donors (Lipinski definition) is 2. The molecule has 2 rings (SSSR count). The predicted octanol–water partition coefficient (Wildman–Crippen LogP) is 0.631. The number of amides is 1. The third-order valence-electron chi connectivity index (χ3n) is 3.41. The van der Waals surface area contributed by atoms with Gasteiger partial charge in [0.05, 0.1) is 5.41 Å². The first-order valence-corrected chi connectivity index (χ1v) is 4.52. The summed E-state index contributed by atoms with van der Waals surface area (Å²) in [5, 5.41) is 12.7. The molecule has 0 spiro atoms. The Hall–Kier alpha value is -0.570. The molecule has 1 amide bonds. The minimum absolute atomic E-state index is 0.00491. The summed E-state index contributed by atoms with van der Waals surface area (Å²) in [5.41, 5.74) is -1.27. The van der Waals surface area contributed by atoms with E-state index in [0.29, 0.717) is 6.42 Å². The van der Waals surface area contributed by atoms with Gasteiger partial charge in [0, 0.05) is 5.92 Å². The lowest BCUT2D eigenvalue weighted by Gasteiger charge is -2.26. The van der Waals surface area contributed by atoms with E-state index < -0.39 is 5.72 Å². The molecule has 2 aliphatic rings. The summed E-state index contributed by atoms with van der Waals surface area (Å²) in [6.45, 7) is 3.83. The smallest absolute Gasteiger partial charge is 0.228 e. The highest BCUT2D eigenvalue weighted by Gasteiger charge is 2.58. The predicted molar refractivity (Wildman–Crippen MR) is 44.2 cm³/mol. The second-order valence-electron chi connectivity index (χ2n) is 4.54. The molecule has 2 atom stereocenters. The third-order valence-corrected chi connectivity index (χ3v) is 3.41. The minimum Gasteiger partial charge on any atom is -0.371 e. The van der Waals surface area contributed by atoms with Gasteiger partial charge in [0.15, 0.2) is 0 Å². The van der Waals surface area contributed by atoms with E-state index in [2.05, 4.69) is 5.32 Å². The van der Waals surface area contributed by atoms with Crippen LogP contribution in [0.25, 0.3) is 0 Å². The second kappa shape index (κ2) is 2.02. The lowest BCUT2D eigenvalue weighted by molar-refractivity contribution is -0.127. The van der Waals surface area contributed by atoms with E-state index in [0.717, 1.165) is 12.8 Å². The molecule has 0 unspecified atom stereocenters. The summed E-state index contributed by atoms with van der Waals surface area (Å²) in [5.74, 6) is 0.104. The Balaban J connectivity index is 2.37. The van der Waals surface area contributed by atoms with Crippen LogP contribution in [0.5, 0.6) is 0 Å². The summed E-state index contributed by atoms with van der Waals surface area (Å²) in [6.07, 6.45) is 2.69. The fraction of sp³-hybridized carbons (Fsp3) is 0.889. The fourth-order valence-electron chi connectivity index (χ4n) is 2.61. The van der Waals surface area contributed by atoms with Crippen molar-refractivity contribution in [3.8, 4) is 0 Å². The van der Waals surface area contributed by atoms with Crippen LogP contribution in [-0.2, 0) is 4.79 Å². The van der Waals surface area contributed by atoms with Crippen molar-refractivity contribution in [2.24, 2.45) is 11.3 Å². The molecule has 0 aromatic carbocycles. The van der Waals surface area contributed by atoms with Crippen molar-refractivity contribution < 1.29 is 9.90 Å². The van der Waals surface area contributed by atoms with E-state index in [1.54, 1.807) is 0 Å². The molecule has 0 bridgehead atoms. The topological polar surface area (TPSA) is 49.3 Å². The highest BCUT2D eigenvalue weighted by atomic mass is 16.3. The normalized spacial score (nSPS) is 44.2. The molecular formula is C9H15NO2. The Bertz CT molecular complexity index is 237. The average Bonchev–Trinajstić information content (AvgIpc) is 2.36. The number of fused-ring (bicyclic) bond motifs is 1. The number of hydrogen-bond acceptors (Lipinski definition) is 2. The quantitative estimate of drug-likeness (QED) is 0.559. The standard InChI is InChI=1S/C9H15NO2/c1-8(2)6-4-3-5-9(6,12)10-7(8)11/h6,12H,3-5H2,1-2H3,(H,10,11)/t6-,9-/m0/s1. The van der Waals surface area contributed by atoms with Crippen molar-refractivity contribution >= 4 is 5.91 Å². The number of aliphatic hydroxyl groups is 1. The summed E-state index contributed by atoms with van der Waals surface area (Å²) >= 11 is 0. The first-order valence-electron chi connectivity index (χ1n) is 4.52. The van der Waals surface area contributed by atoms with Crippen molar-refractivity contribution in [2.75, 3.05) is 0 Å². The summed E-state index contributed by atoms with van der Waals surface area (Å²) in [4.78, 5) is 11.4. The van der Waals surface area contributed by atoms with Crippen LogP contribution in [0, 0.1) is 11.3 Å². The van der Waals surface area contributed by atoms with Gasteiger partial charge >= 0.3 is 0 Å². The third kappa shape index (κ3) is 0.774. The van der Waals surface area contributed by atoms with Crippen LogP contribution >= 0.6 is 0 Å². The average molecular weight is 169 g/mol. The van der Waals surface area contributed by atoms with E-state index in [4.69, 9.17) is 0 Å². The van der Waals surface area contributed by atoms with Crippen molar-refractivity contribution in [1.82, 2.24) is 5.32 Å². The van der Waals surface area contributed by atoms with Gasteiger partial charge in [-0.15, -0.1) is 0 Å². The minimum atomic E-state index is -0.888. The highest BCUT2D eigenvalue weighted by molar-refractivity contribution is 5.85. The summed E-state index contributed by atoms with van der Waals surface area (Å²) in [7, 11) is 0. The van der Waals surface area contributed by atoms with Crippen LogP contribution in [0.15, 0.2) is 0 Å². The molecule has 3 nitrogen and oxygen atoms in total. The Labute approximate surface area is 72.2 Å². The van der Waals surface area contributed by atoms with Crippen molar-refractivity contribution in [3.05, 3.63) is 0 Å². The molecule has 2 N–H and O–H groups in total. The summed E-state index contributed by atoms with van der Waals surface area (Å²) < 4.78 is 0. The molecule has 0 aromatic rings. The maximum absolute atomic E-state index is 11.4. The second-order valence-corrected chi connectivity index (χ2v) is 4.54. The Morgan fingerprint density at radius 2 is 2.25 bits per heavy atom. The van der Waals surface area contributed by atoms with E-state index in [-0.39, 0.29) is 17.2 Å². The van der Waals surface area contributed by atoms with Gasteiger partial charge in [-0.3, -0.25) is 4.79 Å². The number of nitrogens with one attached hydrogen (secondary N) is 1. The van der Waals surface area contributed by atoms with Crippen LogP contribution in [0.1, 0.15) is 33.1 Å². The zero-order valence-electron chi connectivity index (χ0n) is 7.55. The van der Waals surface area contributed by atoms with Gasteiger partial charge in [-0.1, -0.05) is 13.8 Å². The monoisotopic (exact) mass is 169 g/mol. The van der Waals surface area contributed by atoms with E-state index in [1.807, 2.05) is 13.8 Å². The van der Waals surface area contributed by atoms with Crippen LogP contribution in [-0.4, -0.2) is 16.7 Å². The van der Waals surface area contributed by atoms with Gasteiger partial charge < -0.3 is 10.4 Å². The molecule has 1 aliphatic heterocycles. The van der Waals surface area contributed by atoms with Gasteiger partial charge in [0.1, 0.15) is 5.72 Å². The Morgan fingerprint density at radius 3 is 2.83 bits per heavy atom. The zero-order chi connectivity index (χ0) is 8.98. The van der Waals surface area contributed by atoms with Crippen molar-refractivity contribution in [2.45, 2.75) is 38.8 Å². The molecule has 68 valence electrons. The van der Waals surface area contributed by atoms with Crippen molar-refractivity contribution in [3.63, 3.8) is 0 Å². The molecule has 0 radical (unpaired) electrons. The van der Waals surface area contributed by atoms with Crippen LogP contribution < -0.4 is 5.32 Å². The van der Waals surface area contributed by atoms with Gasteiger partial charge in [-0.2, -0.15) is 0 Å². The van der Waals surface area contributed by atoms with Gasteiger partial charge in [0.2, 0.25) is 5.91 Å². The molecule has 1 aliphatic carbocycles. The van der Waals surface area contributed by atoms with Crippen molar-refractivity contribution in [1.29, 1.82) is 0 Å². The highest BCUT2D eigenvalue weighted by Crippen LogP contribution is 2.49. The van der Waals surface area contributed by atoms with Gasteiger partial charge in [-0.25, -0.2) is 0 Å². The van der Waals surface area contributed by atoms with Gasteiger partial charge in [0.25, 0.3) is 0 Å². The van der Waals surface area contributed by atoms with E-state index in [9.17, 15) is 9.90 Å². The lowest BCUT2D eigenvalue weighted by atomic mass is 9.78.